The van der Waals surface area contributed by atoms with Crippen LogP contribution in [-0.4, -0.2) is 55.6 Å². The lowest BCUT2D eigenvalue weighted by Gasteiger charge is -2.27. The Kier molecular flexibility index (Phi) is 7.93. The number of rotatable bonds is 9. The predicted octanol–water partition coefficient (Wildman–Crippen LogP) is 3.54. The first-order chi connectivity index (χ1) is 17.4. The summed E-state index contributed by atoms with van der Waals surface area (Å²) >= 11 is 1.67. The third-order valence-electron chi connectivity index (χ3n) is 5.57. The summed E-state index contributed by atoms with van der Waals surface area (Å²) in [7, 11) is -3.21. The molecule has 0 aliphatic carbocycles. The summed E-state index contributed by atoms with van der Waals surface area (Å²) in [5.74, 6) is 0.858. The third kappa shape index (κ3) is 7.10. The van der Waals surface area contributed by atoms with Crippen molar-refractivity contribution in [1.29, 1.82) is 0 Å². The number of imidazole rings is 1. The van der Waals surface area contributed by atoms with E-state index in [1.54, 1.807) is 11.3 Å². The van der Waals surface area contributed by atoms with Gasteiger partial charge in [-0.2, -0.15) is 0 Å². The van der Waals surface area contributed by atoms with Crippen LogP contribution in [0.25, 0.3) is 15.4 Å². The van der Waals surface area contributed by atoms with E-state index >= 15 is 0 Å². The molecule has 0 bridgehead atoms. The van der Waals surface area contributed by atoms with Crippen molar-refractivity contribution in [2.75, 3.05) is 31.2 Å². The van der Waals surface area contributed by atoms with Crippen molar-refractivity contribution in [3.05, 3.63) is 53.6 Å². The van der Waals surface area contributed by atoms with E-state index in [1.165, 1.54) is 6.26 Å². The minimum absolute atomic E-state index is 0.225. The van der Waals surface area contributed by atoms with Crippen LogP contribution in [0, 0.1) is 6.92 Å². The van der Waals surface area contributed by atoms with E-state index in [0.717, 1.165) is 38.2 Å². The largest absolute Gasteiger partial charge is 0.444 e. The molecular formula is C25H34N6O4S2. The molecule has 1 aliphatic heterocycles. The van der Waals surface area contributed by atoms with Gasteiger partial charge in [0.05, 0.1) is 11.9 Å². The van der Waals surface area contributed by atoms with Crippen molar-refractivity contribution in [3.8, 4) is 15.4 Å². The summed E-state index contributed by atoms with van der Waals surface area (Å²) in [5, 5.41) is 10.8. The maximum atomic E-state index is 11.9. The number of hydrogen-bond donors (Lipinski definition) is 4. The van der Waals surface area contributed by atoms with E-state index in [4.69, 9.17) is 4.74 Å². The SMILES string of the molecule is Cc1cnc2n1-c1sc(-c3cccc(CCNS(C)(=O)=O)c3)cc1NC2NCCNC(=O)OC(C)(C)C. The molecule has 0 spiro atoms. The Morgan fingerprint density at radius 3 is 2.73 bits per heavy atom. The topological polar surface area (TPSA) is 126 Å². The fraction of sp³-hybridized carbons (Fsp3) is 0.440. The Morgan fingerprint density at radius 2 is 2.00 bits per heavy atom. The van der Waals surface area contributed by atoms with Gasteiger partial charge >= 0.3 is 6.09 Å². The third-order valence-corrected chi connectivity index (χ3v) is 7.47. The molecule has 3 heterocycles. The highest BCUT2D eigenvalue weighted by atomic mass is 32.2. The van der Waals surface area contributed by atoms with Crippen LogP contribution in [0.1, 0.15) is 44.0 Å². The second-order valence-electron chi connectivity index (χ2n) is 10.00. The van der Waals surface area contributed by atoms with E-state index in [9.17, 15) is 13.2 Å². The van der Waals surface area contributed by atoms with Gasteiger partial charge in [0.2, 0.25) is 10.0 Å². The molecule has 1 aliphatic rings. The maximum absolute atomic E-state index is 11.9. The summed E-state index contributed by atoms with van der Waals surface area (Å²) in [4.78, 5) is 17.6. The fourth-order valence-electron chi connectivity index (χ4n) is 4.04. The zero-order chi connectivity index (χ0) is 26.8. The lowest BCUT2D eigenvalue weighted by molar-refractivity contribution is 0.0528. The molecule has 0 saturated heterocycles. The molecule has 1 aromatic carbocycles. The number of nitrogens with one attached hydrogen (secondary N) is 4. The van der Waals surface area contributed by atoms with E-state index in [-0.39, 0.29) is 6.17 Å². The number of carbonyl (C=O) groups is 1. The highest BCUT2D eigenvalue weighted by molar-refractivity contribution is 7.88. The summed E-state index contributed by atoms with van der Waals surface area (Å²) in [5.41, 5.74) is 3.62. The van der Waals surface area contributed by atoms with Crippen molar-refractivity contribution < 1.29 is 17.9 Å². The zero-order valence-electron chi connectivity index (χ0n) is 21.7. The molecule has 2 aromatic heterocycles. The van der Waals surface area contributed by atoms with Crippen LogP contribution in [0.2, 0.25) is 0 Å². The zero-order valence-corrected chi connectivity index (χ0v) is 23.3. The first kappa shape index (κ1) is 27.1. The summed E-state index contributed by atoms with van der Waals surface area (Å²) in [6.45, 7) is 8.82. The van der Waals surface area contributed by atoms with Gasteiger partial charge in [0.25, 0.3) is 0 Å². The number of sulfonamides is 1. The lowest BCUT2D eigenvalue weighted by atomic mass is 10.1. The number of fused-ring (bicyclic) bond motifs is 3. The van der Waals surface area contributed by atoms with Gasteiger partial charge in [-0.3, -0.25) is 9.88 Å². The summed E-state index contributed by atoms with van der Waals surface area (Å²) in [6.07, 6.45) is 2.96. The number of anilines is 1. The molecule has 0 saturated carbocycles. The molecule has 200 valence electrons. The van der Waals surface area contributed by atoms with Crippen LogP contribution in [0.15, 0.2) is 36.5 Å². The number of nitrogens with zero attached hydrogens (tertiary/aromatic N) is 2. The normalized spacial score (nSPS) is 15.0. The number of hydrogen-bond acceptors (Lipinski definition) is 8. The first-order valence-corrected chi connectivity index (χ1v) is 14.8. The van der Waals surface area contributed by atoms with Gasteiger partial charge in [-0.15, -0.1) is 11.3 Å². The number of aryl methyl sites for hydroxylation is 1. The maximum Gasteiger partial charge on any atom is 0.407 e. The second-order valence-corrected chi connectivity index (χ2v) is 12.9. The average molecular weight is 547 g/mol. The van der Waals surface area contributed by atoms with Crippen molar-refractivity contribution in [1.82, 2.24) is 24.9 Å². The molecule has 1 unspecified atom stereocenters. The minimum atomic E-state index is -3.21. The van der Waals surface area contributed by atoms with Crippen molar-refractivity contribution in [2.24, 2.45) is 0 Å². The van der Waals surface area contributed by atoms with E-state index in [0.29, 0.717) is 26.1 Å². The van der Waals surface area contributed by atoms with Crippen molar-refractivity contribution in [3.63, 3.8) is 0 Å². The number of alkyl carbamates (subject to hydrolysis) is 1. The average Bonchev–Trinajstić information content (AvgIpc) is 3.38. The van der Waals surface area contributed by atoms with E-state index < -0.39 is 21.7 Å². The van der Waals surface area contributed by atoms with Crippen LogP contribution in [0.3, 0.4) is 0 Å². The Hall–Kier alpha value is -2.93. The Labute approximate surface area is 221 Å². The van der Waals surface area contributed by atoms with Crippen LogP contribution < -0.4 is 20.7 Å². The molecule has 4 rings (SSSR count). The van der Waals surface area contributed by atoms with Crippen molar-refractivity contribution in [2.45, 2.75) is 45.9 Å². The smallest absolute Gasteiger partial charge is 0.407 e. The van der Waals surface area contributed by atoms with Gasteiger partial charge in [-0.25, -0.2) is 22.9 Å². The first-order valence-electron chi connectivity index (χ1n) is 12.1. The van der Waals surface area contributed by atoms with Gasteiger partial charge in [-0.1, -0.05) is 24.3 Å². The molecule has 12 heteroatoms. The Bertz CT molecular complexity index is 1370. The van der Waals surface area contributed by atoms with Crippen LogP contribution in [0.5, 0.6) is 0 Å². The van der Waals surface area contributed by atoms with Crippen LogP contribution in [-0.2, 0) is 21.2 Å². The van der Waals surface area contributed by atoms with Gasteiger partial charge < -0.3 is 15.4 Å². The molecule has 4 N–H and O–H groups in total. The van der Waals surface area contributed by atoms with Gasteiger partial charge in [-0.05, 0) is 51.3 Å². The molecule has 10 nitrogen and oxygen atoms in total. The summed E-state index contributed by atoms with van der Waals surface area (Å²) < 4.78 is 32.7. The molecule has 1 atom stereocenters. The number of carbonyl (C=O) groups excluding carboxylic acids is 1. The molecule has 1 amide bonds. The molecule has 37 heavy (non-hydrogen) atoms. The monoisotopic (exact) mass is 546 g/mol. The predicted molar refractivity (Wildman–Crippen MR) is 147 cm³/mol. The summed E-state index contributed by atoms with van der Waals surface area (Å²) in [6, 6.07) is 10.3. The molecule has 3 aromatic rings. The molecule has 0 fully saturated rings. The lowest BCUT2D eigenvalue weighted by Crippen LogP contribution is -2.40. The number of amides is 1. The number of thiophene rings is 1. The minimum Gasteiger partial charge on any atom is -0.444 e. The van der Waals surface area contributed by atoms with Gasteiger partial charge in [0.15, 0.2) is 5.82 Å². The number of ether oxygens (including phenoxy) is 1. The molecular weight excluding hydrogens is 512 g/mol. The highest BCUT2D eigenvalue weighted by Gasteiger charge is 2.28. The van der Waals surface area contributed by atoms with Gasteiger partial charge in [0.1, 0.15) is 16.8 Å². The Balaban J connectivity index is 1.46. The fourth-order valence-corrected chi connectivity index (χ4v) is 5.69. The second kappa shape index (κ2) is 10.8. The Morgan fingerprint density at radius 1 is 1.22 bits per heavy atom. The quantitative estimate of drug-likeness (QED) is 0.303. The van der Waals surface area contributed by atoms with Crippen LogP contribution >= 0.6 is 11.3 Å². The standard InChI is InChI=1S/C25H34N6O4S2/c1-16-15-28-22-21(26-11-12-27-24(32)35-25(2,3)4)30-19-14-20(36-23(19)31(16)22)18-8-6-7-17(13-18)9-10-29-37(5,33)34/h6-8,13-15,21,26,29-30H,9-12H2,1-5H3,(H,27,32). The van der Waals surface area contributed by atoms with Crippen LogP contribution in [0.4, 0.5) is 10.5 Å². The number of benzene rings is 1. The number of aromatic nitrogens is 2. The van der Waals surface area contributed by atoms with E-state index in [2.05, 4.69) is 48.4 Å². The van der Waals surface area contributed by atoms with Gasteiger partial charge in [0, 0.05) is 36.4 Å². The molecule has 0 radical (unpaired) electrons. The van der Waals surface area contributed by atoms with E-state index in [1.807, 2.05) is 46.0 Å². The highest BCUT2D eigenvalue weighted by Crippen LogP contribution is 2.43. The van der Waals surface area contributed by atoms with Crippen molar-refractivity contribution >= 4 is 33.1 Å².